The number of carbonyl (C=O) groups excluding carboxylic acids is 1. The molecular weight excluding hydrogens is 234 g/mol. The van der Waals surface area contributed by atoms with Gasteiger partial charge in [-0.3, -0.25) is 9.89 Å². The Morgan fingerprint density at radius 2 is 2.22 bits per heavy atom. The summed E-state index contributed by atoms with van der Waals surface area (Å²) >= 11 is 0. The van der Waals surface area contributed by atoms with E-state index in [0.717, 1.165) is 5.56 Å². The second-order valence-corrected chi connectivity index (χ2v) is 3.97. The lowest BCUT2D eigenvalue weighted by molar-refractivity contribution is 0.0781. The first-order chi connectivity index (χ1) is 8.58. The molecule has 6 nitrogen and oxygen atoms in total. The average Bonchev–Trinajstić information content (AvgIpc) is 2.84. The van der Waals surface area contributed by atoms with Crippen LogP contribution in [0.5, 0.6) is 11.5 Å². The molecule has 3 N–H and O–H groups in total. The first kappa shape index (κ1) is 12.0. The van der Waals surface area contributed by atoms with Crippen LogP contribution < -0.4 is 0 Å². The molecule has 0 fully saturated rings. The molecule has 0 saturated heterocycles. The molecule has 0 spiro atoms. The summed E-state index contributed by atoms with van der Waals surface area (Å²) in [5.74, 6) is -0.589. The monoisotopic (exact) mass is 247 g/mol. The number of aromatic hydroxyl groups is 2. The van der Waals surface area contributed by atoms with E-state index in [4.69, 9.17) is 0 Å². The number of benzene rings is 1. The van der Waals surface area contributed by atoms with Gasteiger partial charge in [-0.25, -0.2) is 0 Å². The van der Waals surface area contributed by atoms with Gasteiger partial charge in [-0.05, 0) is 18.2 Å². The van der Waals surface area contributed by atoms with Crippen molar-refractivity contribution >= 4 is 5.91 Å². The Labute approximate surface area is 103 Å². The second kappa shape index (κ2) is 4.79. The largest absolute Gasteiger partial charge is 0.508 e. The number of nitrogens with zero attached hydrogens (tertiary/aromatic N) is 2. The fraction of sp³-hybridized carbons (Fsp3) is 0.167. The quantitative estimate of drug-likeness (QED) is 0.708. The van der Waals surface area contributed by atoms with Crippen LogP contribution in [0.2, 0.25) is 0 Å². The Kier molecular flexibility index (Phi) is 3.18. The first-order valence-electron chi connectivity index (χ1n) is 5.33. The topological polar surface area (TPSA) is 89.5 Å². The Morgan fingerprint density at radius 1 is 1.44 bits per heavy atom. The van der Waals surface area contributed by atoms with Crippen LogP contribution in [-0.4, -0.2) is 38.3 Å². The number of carbonyl (C=O) groups is 1. The van der Waals surface area contributed by atoms with E-state index in [0.29, 0.717) is 6.54 Å². The Hall–Kier alpha value is -2.50. The van der Waals surface area contributed by atoms with Gasteiger partial charge in [-0.1, -0.05) is 0 Å². The fourth-order valence-electron chi connectivity index (χ4n) is 1.61. The number of nitrogens with one attached hydrogen (secondary N) is 1. The molecule has 0 atom stereocenters. The number of phenols is 2. The average molecular weight is 247 g/mol. The molecule has 2 rings (SSSR count). The van der Waals surface area contributed by atoms with Gasteiger partial charge in [-0.2, -0.15) is 5.10 Å². The molecule has 0 unspecified atom stereocenters. The molecule has 0 aliphatic rings. The summed E-state index contributed by atoms with van der Waals surface area (Å²) in [6.45, 7) is 0.366. The van der Waals surface area contributed by atoms with E-state index in [1.54, 1.807) is 19.4 Å². The van der Waals surface area contributed by atoms with E-state index in [2.05, 4.69) is 10.2 Å². The highest BCUT2D eigenvalue weighted by atomic mass is 16.3. The van der Waals surface area contributed by atoms with Crippen molar-refractivity contribution in [2.75, 3.05) is 7.05 Å². The molecule has 1 aromatic carbocycles. The molecule has 0 bridgehead atoms. The predicted octanol–water partition coefficient (Wildman–Crippen LogP) is 1.09. The maximum Gasteiger partial charge on any atom is 0.257 e. The van der Waals surface area contributed by atoms with Crippen LogP contribution >= 0.6 is 0 Å². The predicted molar refractivity (Wildman–Crippen MR) is 64.2 cm³/mol. The molecule has 6 heteroatoms. The highest BCUT2D eigenvalue weighted by molar-refractivity contribution is 5.97. The van der Waals surface area contributed by atoms with E-state index >= 15 is 0 Å². The standard InChI is InChI=1S/C12H13N3O3/c1-15(7-8-5-13-14-6-8)12(18)10-4-9(16)2-3-11(10)17/h2-6,16-17H,7H2,1H3,(H,13,14). The minimum absolute atomic E-state index is 0.0622. The van der Waals surface area contributed by atoms with Crippen LogP contribution in [0.3, 0.4) is 0 Å². The van der Waals surface area contributed by atoms with E-state index < -0.39 is 0 Å². The van der Waals surface area contributed by atoms with Gasteiger partial charge < -0.3 is 15.1 Å². The molecule has 0 radical (unpaired) electrons. The minimum atomic E-state index is -0.371. The van der Waals surface area contributed by atoms with E-state index in [-0.39, 0.29) is 23.0 Å². The van der Waals surface area contributed by atoms with Crippen molar-refractivity contribution in [3.63, 3.8) is 0 Å². The highest BCUT2D eigenvalue weighted by Gasteiger charge is 2.16. The first-order valence-corrected chi connectivity index (χ1v) is 5.33. The molecule has 0 aliphatic heterocycles. The van der Waals surface area contributed by atoms with Crippen molar-refractivity contribution < 1.29 is 15.0 Å². The van der Waals surface area contributed by atoms with Gasteiger partial charge in [0.2, 0.25) is 0 Å². The summed E-state index contributed by atoms with van der Waals surface area (Å²) in [6.07, 6.45) is 3.30. The van der Waals surface area contributed by atoms with Crippen molar-refractivity contribution in [1.29, 1.82) is 0 Å². The van der Waals surface area contributed by atoms with Gasteiger partial charge >= 0.3 is 0 Å². The van der Waals surface area contributed by atoms with Crippen molar-refractivity contribution in [2.24, 2.45) is 0 Å². The summed E-state index contributed by atoms with van der Waals surface area (Å²) in [6, 6.07) is 3.85. The van der Waals surface area contributed by atoms with Crippen molar-refractivity contribution in [1.82, 2.24) is 15.1 Å². The summed E-state index contributed by atoms with van der Waals surface area (Å²) in [7, 11) is 1.61. The van der Waals surface area contributed by atoms with Crippen LogP contribution in [0.15, 0.2) is 30.6 Å². The Balaban J connectivity index is 2.17. The zero-order valence-electron chi connectivity index (χ0n) is 9.79. The van der Waals surface area contributed by atoms with Gasteiger partial charge in [0.15, 0.2) is 0 Å². The maximum absolute atomic E-state index is 12.1. The zero-order valence-corrected chi connectivity index (χ0v) is 9.79. The van der Waals surface area contributed by atoms with Crippen LogP contribution in [0.25, 0.3) is 0 Å². The smallest absolute Gasteiger partial charge is 0.257 e. The minimum Gasteiger partial charge on any atom is -0.508 e. The lowest BCUT2D eigenvalue weighted by Gasteiger charge is -2.17. The van der Waals surface area contributed by atoms with Crippen molar-refractivity contribution in [3.8, 4) is 11.5 Å². The lowest BCUT2D eigenvalue weighted by Crippen LogP contribution is -2.26. The lowest BCUT2D eigenvalue weighted by atomic mass is 10.1. The second-order valence-electron chi connectivity index (χ2n) is 3.97. The number of amides is 1. The molecule has 1 amide bonds. The molecule has 1 heterocycles. The van der Waals surface area contributed by atoms with Gasteiger partial charge in [0.05, 0.1) is 11.8 Å². The number of aromatic amines is 1. The van der Waals surface area contributed by atoms with Crippen LogP contribution in [0.4, 0.5) is 0 Å². The number of aromatic nitrogens is 2. The molecule has 18 heavy (non-hydrogen) atoms. The number of rotatable bonds is 3. The van der Waals surface area contributed by atoms with E-state index in [1.165, 1.54) is 23.1 Å². The Morgan fingerprint density at radius 3 is 2.89 bits per heavy atom. The van der Waals surface area contributed by atoms with Crippen molar-refractivity contribution in [2.45, 2.75) is 6.54 Å². The summed E-state index contributed by atoms with van der Waals surface area (Å²) < 4.78 is 0. The van der Waals surface area contributed by atoms with Gasteiger partial charge in [0.25, 0.3) is 5.91 Å². The van der Waals surface area contributed by atoms with Crippen LogP contribution in [0, 0.1) is 0 Å². The molecule has 1 aromatic heterocycles. The van der Waals surface area contributed by atoms with Crippen LogP contribution in [-0.2, 0) is 6.54 Å². The number of hydrogen-bond acceptors (Lipinski definition) is 4. The molecule has 0 saturated carbocycles. The third kappa shape index (κ3) is 2.42. The van der Waals surface area contributed by atoms with Crippen LogP contribution in [0.1, 0.15) is 15.9 Å². The van der Waals surface area contributed by atoms with Gasteiger partial charge in [0, 0.05) is 25.4 Å². The third-order valence-corrected chi connectivity index (χ3v) is 2.53. The summed E-state index contributed by atoms with van der Waals surface area (Å²) in [5.41, 5.74) is 0.923. The number of hydrogen-bond donors (Lipinski definition) is 3. The number of H-pyrrole nitrogens is 1. The Bertz CT molecular complexity index is 552. The number of phenolic OH excluding ortho intramolecular Hbond substituents is 2. The highest BCUT2D eigenvalue weighted by Crippen LogP contribution is 2.23. The molecular formula is C12H13N3O3. The van der Waals surface area contributed by atoms with Crippen molar-refractivity contribution in [3.05, 3.63) is 41.7 Å². The molecule has 2 aromatic rings. The fourth-order valence-corrected chi connectivity index (χ4v) is 1.61. The maximum atomic E-state index is 12.1. The zero-order chi connectivity index (χ0) is 13.1. The van der Waals surface area contributed by atoms with E-state index in [9.17, 15) is 15.0 Å². The molecule has 94 valence electrons. The summed E-state index contributed by atoms with van der Waals surface area (Å²) in [5, 5.41) is 25.4. The normalized spacial score (nSPS) is 10.3. The summed E-state index contributed by atoms with van der Waals surface area (Å²) in [4.78, 5) is 13.5. The van der Waals surface area contributed by atoms with Gasteiger partial charge in [0.1, 0.15) is 11.5 Å². The third-order valence-electron chi connectivity index (χ3n) is 2.53. The van der Waals surface area contributed by atoms with E-state index in [1.807, 2.05) is 0 Å². The van der Waals surface area contributed by atoms with Gasteiger partial charge in [-0.15, -0.1) is 0 Å². The molecule has 0 aliphatic carbocycles. The SMILES string of the molecule is CN(Cc1cn[nH]c1)C(=O)c1cc(O)ccc1O.